The van der Waals surface area contributed by atoms with Gasteiger partial charge in [0.15, 0.2) is 6.04 Å². The van der Waals surface area contributed by atoms with Crippen molar-refractivity contribution < 1.29 is 14.7 Å². The standard InChI is InChI=1S/C14H15N3O3S2/c1-2-21-10-4-3-9(22-10)13(18)17-6-5-8-11(16-7-15-8)12(17)14(19)20/h3-4,7,12H,2,5-6H2,1H3,(H,15,16)(H,19,20). The summed E-state index contributed by atoms with van der Waals surface area (Å²) in [4.78, 5) is 33.3. The Morgan fingerprint density at radius 2 is 2.36 bits per heavy atom. The van der Waals surface area contributed by atoms with Gasteiger partial charge in [-0.25, -0.2) is 9.78 Å². The number of aromatic nitrogens is 2. The predicted molar refractivity (Wildman–Crippen MR) is 84.4 cm³/mol. The summed E-state index contributed by atoms with van der Waals surface area (Å²) in [5.41, 5.74) is 1.23. The number of carboxylic acid groups (broad SMARTS) is 1. The van der Waals surface area contributed by atoms with E-state index in [1.165, 1.54) is 22.6 Å². The SMILES string of the molecule is CCSc1ccc(C(=O)N2CCc3[nH]cnc3C2C(=O)O)s1. The normalized spacial score (nSPS) is 17.3. The molecule has 0 bridgehead atoms. The van der Waals surface area contributed by atoms with E-state index < -0.39 is 12.0 Å². The van der Waals surface area contributed by atoms with Crippen molar-refractivity contribution in [3.8, 4) is 0 Å². The van der Waals surface area contributed by atoms with Crippen LogP contribution in [-0.2, 0) is 11.2 Å². The van der Waals surface area contributed by atoms with Gasteiger partial charge in [0.05, 0.1) is 21.1 Å². The lowest BCUT2D eigenvalue weighted by Gasteiger charge is -2.31. The fourth-order valence-corrected chi connectivity index (χ4v) is 4.54. The quantitative estimate of drug-likeness (QED) is 0.837. The van der Waals surface area contributed by atoms with Crippen LogP contribution in [0.15, 0.2) is 22.7 Å². The number of thioether (sulfide) groups is 1. The Hall–Kier alpha value is -1.80. The predicted octanol–water partition coefficient (Wildman–Crippen LogP) is 2.41. The highest BCUT2D eigenvalue weighted by atomic mass is 32.2. The minimum Gasteiger partial charge on any atom is -0.479 e. The van der Waals surface area contributed by atoms with Gasteiger partial charge in [-0.05, 0) is 17.9 Å². The molecule has 0 aliphatic carbocycles. The minimum absolute atomic E-state index is 0.242. The number of aromatic amines is 1. The highest BCUT2D eigenvalue weighted by Crippen LogP contribution is 2.32. The summed E-state index contributed by atoms with van der Waals surface area (Å²) < 4.78 is 1.06. The van der Waals surface area contributed by atoms with Crippen LogP contribution in [-0.4, -0.2) is 44.1 Å². The number of imidazole rings is 1. The molecular weight excluding hydrogens is 322 g/mol. The van der Waals surface area contributed by atoms with Crippen LogP contribution in [0.25, 0.3) is 0 Å². The Morgan fingerprint density at radius 3 is 3.09 bits per heavy atom. The van der Waals surface area contributed by atoms with Gasteiger partial charge >= 0.3 is 5.97 Å². The highest BCUT2D eigenvalue weighted by Gasteiger charge is 2.38. The van der Waals surface area contributed by atoms with E-state index in [0.717, 1.165) is 15.7 Å². The zero-order valence-corrected chi connectivity index (χ0v) is 13.5. The third-order valence-electron chi connectivity index (χ3n) is 3.50. The number of rotatable bonds is 4. The number of carbonyl (C=O) groups excluding carboxylic acids is 1. The van der Waals surface area contributed by atoms with Gasteiger partial charge in [0.1, 0.15) is 0 Å². The Balaban J connectivity index is 1.89. The Bertz CT molecular complexity index is 710. The molecule has 2 aromatic heterocycles. The van der Waals surface area contributed by atoms with E-state index in [1.54, 1.807) is 17.8 Å². The lowest BCUT2D eigenvalue weighted by molar-refractivity contribution is -0.143. The van der Waals surface area contributed by atoms with Crippen LogP contribution in [0.5, 0.6) is 0 Å². The van der Waals surface area contributed by atoms with Crippen LogP contribution in [0.3, 0.4) is 0 Å². The molecule has 0 saturated heterocycles. The molecule has 22 heavy (non-hydrogen) atoms. The van der Waals surface area contributed by atoms with Crippen molar-refractivity contribution >= 4 is 35.0 Å². The van der Waals surface area contributed by atoms with Crippen molar-refractivity contribution in [2.45, 2.75) is 23.6 Å². The number of amides is 1. The summed E-state index contributed by atoms with van der Waals surface area (Å²) in [5.74, 6) is -0.359. The number of hydrogen-bond donors (Lipinski definition) is 2. The van der Waals surface area contributed by atoms with Crippen LogP contribution in [0.2, 0.25) is 0 Å². The number of H-pyrrole nitrogens is 1. The van der Waals surface area contributed by atoms with Gasteiger partial charge in [-0.1, -0.05) is 6.92 Å². The smallest absolute Gasteiger partial charge is 0.332 e. The van der Waals surface area contributed by atoms with Crippen molar-refractivity contribution in [3.05, 3.63) is 34.7 Å². The van der Waals surface area contributed by atoms with Crippen molar-refractivity contribution in [3.63, 3.8) is 0 Å². The summed E-state index contributed by atoms with van der Waals surface area (Å²) >= 11 is 3.08. The molecule has 1 aliphatic heterocycles. The molecule has 0 fully saturated rings. The lowest BCUT2D eigenvalue weighted by atomic mass is 10.0. The molecule has 1 unspecified atom stereocenters. The maximum atomic E-state index is 12.7. The summed E-state index contributed by atoms with van der Waals surface area (Å²) in [5, 5.41) is 9.51. The molecule has 2 aromatic rings. The molecule has 1 amide bonds. The van der Waals surface area contributed by atoms with E-state index in [0.29, 0.717) is 23.5 Å². The largest absolute Gasteiger partial charge is 0.479 e. The first kappa shape index (κ1) is 15.1. The number of aliphatic carboxylic acids is 1. The van der Waals surface area contributed by atoms with Crippen LogP contribution in [0.1, 0.15) is 34.0 Å². The third-order valence-corrected chi connectivity index (χ3v) is 5.68. The van der Waals surface area contributed by atoms with E-state index in [1.807, 2.05) is 6.07 Å². The van der Waals surface area contributed by atoms with Crippen LogP contribution in [0, 0.1) is 0 Å². The molecule has 0 radical (unpaired) electrons. The van der Waals surface area contributed by atoms with Gasteiger partial charge in [0, 0.05) is 18.7 Å². The van der Waals surface area contributed by atoms with Crippen molar-refractivity contribution in [2.24, 2.45) is 0 Å². The van der Waals surface area contributed by atoms with E-state index in [9.17, 15) is 14.7 Å². The van der Waals surface area contributed by atoms with E-state index in [2.05, 4.69) is 16.9 Å². The van der Waals surface area contributed by atoms with E-state index >= 15 is 0 Å². The van der Waals surface area contributed by atoms with Gasteiger partial charge in [-0.2, -0.15) is 0 Å². The summed E-state index contributed by atoms with van der Waals surface area (Å²) in [6.45, 7) is 2.43. The average molecular weight is 337 g/mol. The van der Waals surface area contributed by atoms with Crippen LogP contribution < -0.4 is 0 Å². The molecule has 0 spiro atoms. The molecule has 2 N–H and O–H groups in total. The van der Waals surface area contributed by atoms with Gasteiger partial charge in [-0.3, -0.25) is 4.79 Å². The van der Waals surface area contributed by atoms with Crippen molar-refractivity contribution in [2.75, 3.05) is 12.3 Å². The molecule has 3 rings (SSSR count). The summed E-state index contributed by atoms with van der Waals surface area (Å²) in [6.07, 6.45) is 2.07. The molecule has 0 saturated carbocycles. The number of thiophene rings is 1. The Kier molecular flexibility index (Phi) is 4.21. The molecular formula is C14H15N3O3S2. The highest BCUT2D eigenvalue weighted by molar-refractivity contribution is 8.01. The maximum absolute atomic E-state index is 12.7. The molecule has 8 heteroatoms. The second kappa shape index (κ2) is 6.13. The van der Waals surface area contributed by atoms with Gasteiger partial charge in [-0.15, -0.1) is 23.1 Å². The molecule has 1 atom stereocenters. The fourth-order valence-electron chi connectivity index (χ4n) is 2.54. The number of nitrogens with one attached hydrogen (secondary N) is 1. The summed E-state index contributed by atoms with van der Waals surface area (Å²) in [6, 6.07) is 2.65. The molecule has 3 heterocycles. The van der Waals surface area contributed by atoms with Crippen molar-refractivity contribution in [1.29, 1.82) is 0 Å². The molecule has 1 aliphatic rings. The van der Waals surface area contributed by atoms with Crippen LogP contribution in [0.4, 0.5) is 0 Å². The summed E-state index contributed by atoms with van der Waals surface area (Å²) in [7, 11) is 0. The first-order valence-electron chi connectivity index (χ1n) is 6.90. The Morgan fingerprint density at radius 1 is 1.55 bits per heavy atom. The van der Waals surface area contributed by atoms with Crippen molar-refractivity contribution in [1.82, 2.24) is 14.9 Å². The second-order valence-corrected chi connectivity index (χ2v) is 7.46. The van der Waals surface area contributed by atoms with Gasteiger partial charge in [0.2, 0.25) is 0 Å². The number of carboxylic acids is 1. The number of carbonyl (C=O) groups is 2. The maximum Gasteiger partial charge on any atom is 0.332 e. The lowest BCUT2D eigenvalue weighted by Crippen LogP contribution is -2.43. The first-order chi connectivity index (χ1) is 10.6. The Labute approximate surface area is 135 Å². The third kappa shape index (κ3) is 2.64. The topological polar surface area (TPSA) is 86.3 Å². The second-order valence-electron chi connectivity index (χ2n) is 4.81. The zero-order chi connectivity index (χ0) is 15.7. The fraction of sp³-hybridized carbons (Fsp3) is 0.357. The van der Waals surface area contributed by atoms with Gasteiger partial charge < -0.3 is 15.0 Å². The number of hydrogen-bond acceptors (Lipinski definition) is 5. The number of nitrogens with zero attached hydrogens (tertiary/aromatic N) is 2. The molecule has 116 valence electrons. The average Bonchev–Trinajstić information content (AvgIpc) is 3.14. The molecule has 6 nitrogen and oxygen atoms in total. The molecule has 0 aromatic carbocycles. The zero-order valence-electron chi connectivity index (χ0n) is 11.9. The minimum atomic E-state index is -1.05. The van der Waals surface area contributed by atoms with E-state index in [4.69, 9.17) is 0 Å². The number of fused-ring (bicyclic) bond motifs is 1. The van der Waals surface area contributed by atoms with Gasteiger partial charge in [0.25, 0.3) is 5.91 Å². The van der Waals surface area contributed by atoms with Crippen LogP contribution >= 0.6 is 23.1 Å². The van der Waals surface area contributed by atoms with E-state index in [-0.39, 0.29) is 5.91 Å². The first-order valence-corrected chi connectivity index (χ1v) is 8.70. The monoisotopic (exact) mass is 337 g/mol.